The minimum atomic E-state index is -6.04. The first-order valence-corrected chi connectivity index (χ1v) is 29.5. The van der Waals surface area contributed by atoms with Crippen LogP contribution in [0.3, 0.4) is 0 Å². The van der Waals surface area contributed by atoms with E-state index >= 15 is 4.39 Å². The molecule has 3 heterocycles. The largest absolute Gasteiger partial charge is 0.501 e. The van der Waals surface area contributed by atoms with Crippen LogP contribution in [-0.4, -0.2) is 112 Å². The number of benzene rings is 5. The molecule has 0 saturated carbocycles. The lowest BCUT2D eigenvalue weighted by molar-refractivity contribution is -0.0438. The number of hydrogen-bond donors (Lipinski definition) is 4. The van der Waals surface area contributed by atoms with Crippen LogP contribution in [0.4, 0.5) is 40.3 Å². The van der Waals surface area contributed by atoms with Crippen LogP contribution in [-0.2, 0) is 31.1 Å². The molecule has 4 N–H and O–H groups in total. The summed E-state index contributed by atoms with van der Waals surface area (Å²) in [6.45, 7) is 12.3. The van der Waals surface area contributed by atoms with Crippen molar-refractivity contribution in [3.63, 3.8) is 0 Å². The molecule has 2 aliphatic rings. The summed E-state index contributed by atoms with van der Waals surface area (Å²) in [6, 6.07) is 29.8. The third kappa shape index (κ3) is 13.3. The van der Waals surface area contributed by atoms with Crippen LogP contribution in [0.1, 0.15) is 57.6 Å². The highest BCUT2D eigenvalue weighted by molar-refractivity contribution is 7.99. The van der Waals surface area contributed by atoms with Gasteiger partial charge in [-0.3, -0.25) is 4.72 Å². The Labute approximate surface area is 451 Å². The number of halogens is 5. The molecule has 13 nitrogen and oxygen atoms in total. The normalized spacial score (nSPS) is 15.7. The number of aliphatic hydroxyl groups is 2. The van der Waals surface area contributed by atoms with Gasteiger partial charge in [0.05, 0.1) is 28.5 Å². The Hall–Kier alpha value is -5.32. The Morgan fingerprint density at radius 1 is 0.803 bits per heavy atom. The predicted octanol–water partition coefficient (Wildman–Crippen LogP) is 11.2. The number of nitrogens with zero attached hydrogens (tertiary/aromatic N) is 4. The molecule has 2 saturated heterocycles. The fourth-order valence-corrected chi connectivity index (χ4v) is 13.2. The second kappa shape index (κ2) is 24.1. The van der Waals surface area contributed by atoms with Gasteiger partial charge in [0.1, 0.15) is 10.7 Å². The second-order valence-corrected chi connectivity index (χ2v) is 24.4. The molecule has 1 atom stereocenters. The molecule has 2 aliphatic heterocycles. The van der Waals surface area contributed by atoms with E-state index in [9.17, 15) is 40.2 Å². The maximum absolute atomic E-state index is 15.6. The van der Waals surface area contributed by atoms with Crippen LogP contribution in [0.15, 0.2) is 130 Å². The minimum Gasteiger partial charge on any atom is -0.380 e. The summed E-state index contributed by atoms with van der Waals surface area (Å²) < 4.78 is 123. The van der Waals surface area contributed by atoms with Gasteiger partial charge in [-0.1, -0.05) is 41.9 Å². The summed E-state index contributed by atoms with van der Waals surface area (Å²) in [5.41, 5.74) is -1.32. The number of anilines is 4. The van der Waals surface area contributed by atoms with Crippen molar-refractivity contribution in [3.8, 4) is 22.4 Å². The van der Waals surface area contributed by atoms with Gasteiger partial charge in [-0.25, -0.2) is 21.2 Å². The van der Waals surface area contributed by atoms with Crippen LogP contribution < -0.4 is 19.8 Å². The van der Waals surface area contributed by atoms with Crippen molar-refractivity contribution < 1.29 is 49.3 Å². The van der Waals surface area contributed by atoms with Gasteiger partial charge in [-0.15, -0.1) is 11.8 Å². The summed E-state index contributed by atoms with van der Waals surface area (Å²) in [6.07, 6.45) is 0.553. The molecule has 0 radical (unpaired) electrons. The Bertz CT molecular complexity index is 3170. The number of piperidine rings is 1. The van der Waals surface area contributed by atoms with E-state index in [1.165, 1.54) is 36.0 Å². The van der Waals surface area contributed by atoms with Crippen molar-refractivity contribution in [1.82, 2.24) is 9.47 Å². The van der Waals surface area contributed by atoms with Crippen molar-refractivity contribution in [1.29, 1.82) is 0 Å². The number of aliphatic hydroxyl groups excluding tert-OH is 1. The molecule has 0 aliphatic carbocycles. The van der Waals surface area contributed by atoms with E-state index in [1.807, 2.05) is 78.8 Å². The number of likely N-dealkylation sites (tertiary alicyclic amines) is 1. The summed E-state index contributed by atoms with van der Waals surface area (Å²) in [5, 5.41) is 24.9. The van der Waals surface area contributed by atoms with E-state index in [0.29, 0.717) is 90.7 Å². The molecule has 0 spiro atoms. The molecular formula is C55H63ClF4N6O7S3. The molecule has 0 bridgehead atoms. The summed E-state index contributed by atoms with van der Waals surface area (Å²) in [4.78, 5) is 5.39. The highest BCUT2D eigenvalue weighted by Crippen LogP contribution is 2.44. The number of nitrogens with one attached hydrogen (secondary N) is 2. The zero-order valence-corrected chi connectivity index (χ0v) is 45.8. The molecule has 8 rings (SSSR count). The first-order chi connectivity index (χ1) is 36.1. The van der Waals surface area contributed by atoms with Crippen molar-refractivity contribution in [2.24, 2.45) is 0 Å². The predicted molar refractivity (Wildman–Crippen MR) is 294 cm³/mol. The molecule has 0 unspecified atom stereocenters. The van der Waals surface area contributed by atoms with Crippen LogP contribution >= 0.6 is 23.4 Å². The zero-order chi connectivity index (χ0) is 54.5. The topological polar surface area (TPSA) is 157 Å². The van der Waals surface area contributed by atoms with Crippen LogP contribution in [0.2, 0.25) is 5.02 Å². The standard InChI is InChI=1S/C55H63ClF4N6O7S3/c1-5-66-37(4)51(54(67)68)52(53(66)38-11-13-40(56)14-12-38)39-31-41(57)33-45(32-39)65-29-27-64(28-30-65)44-17-15-42(16-18-44)62-76(71,72)48-19-20-49(50(34-48)75(69,70)55(58,59)60)61-43(35-74-47-9-7-6-8-10-47)21-24-63-25-22-46(23-26-63)73-36(2)3/h6-20,31-34,36,43,46,54,61-62,67-68H,5,21-30,35H2,1-4H3/t43-/m1/s1. The summed E-state index contributed by atoms with van der Waals surface area (Å²) >= 11 is 7.68. The maximum Gasteiger partial charge on any atom is 0.501 e. The van der Waals surface area contributed by atoms with Gasteiger partial charge in [-0.2, -0.15) is 13.2 Å². The molecule has 0 amide bonds. The van der Waals surface area contributed by atoms with E-state index in [0.717, 1.165) is 54.2 Å². The van der Waals surface area contributed by atoms with E-state index in [1.54, 1.807) is 31.2 Å². The lowest BCUT2D eigenvalue weighted by Gasteiger charge is -2.37. The zero-order valence-electron chi connectivity index (χ0n) is 42.6. The van der Waals surface area contributed by atoms with E-state index < -0.39 is 53.3 Å². The Morgan fingerprint density at radius 3 is 2.05 bits per heavy atom. The van der Waals surface area contributed by atoms with Crippen molar-refractivity contribution in [3.05, 3.63) is 137 Å². The highest BCUT2D eigenvalue weighted by Gasteiger charge is 2.48. The highest BCUT2D eigenvalue weighted by atomic mass is 35.5. The maximum atomic E-state index is 15.6. The van der Waals surface area contributed by atoms with Crippen LogP contribution in [0.5, 0.6) is 0 Å². The van der Waals surface area contributed by atoms with Gasteiger partial charge in [-0.05, 0) is 143 Å². The molecule has 76 heavy (non-hydrogen) atoms. The average Bonchev–Trinajstić information content (AvgIpc) is 3.70. The quantitative estimate of drug-likeness (QED) is 0.0326. The first kappa shape index (κ1) is 56.9. The van der Waals surface area contributed by atoms with E-state index in [2.05, 4.69) is 19.8 Å². The van der Waals surface area contributed by atoms with Gasteiger partial charge < -0.3 is 39.5 Å². The third-order valence-corrected chi connectivity index (χ3v) is 18.1. The number of ether oxygens (including phenoxy) is 1. The van der Waals surface area contributed by atoms with E-state index in [-0.39, 0.29) is 29.1 Å². The van der Waals surface area contributed by atoms with Gasteiger partial charge in [0.25, 0.3) is 19.9 Å². The number of alkyl halides is 3. The molecule has 6 aromatic rings. The number of aromatic nitrogens is 1. The number of hydrogen-bond acceptors (Lipinski definition) is 12. The minimum absolute atomic E-state index is 0.0902. The Kier molecular flexibility index (Phi) is 18.1. The van der Waals surface area contributed by atoms with Gasteiger partial charge in [0.15, 0.2) is 6.29 Å². The number of piperazine rings is 1. The smallest absolute Gasteiger partial charge is 0.380 e. The van der Waals surface area contributed by atoms with Crippen molar-refractivity contribution >= 4 is 66.0 Å². The molecule has 5 aromatic carbocycles. The number of sulfone groups is 1. The third-order valence-electron chi connectivity index (χ3n) is 13.8. The fourth-order valence-electron chi connectivity index (χ4n) is 10.0. The summed E-state index contributed by atoms with van der Waals surface area (Å²) in [7, 11) is -10.7. The number of thioether (sulfide) groups is 1. The lowest BCUT2D eigenvalue weighted by atomic mass is 9.95. The SMILES string of the molecule is CCn1c(C)c(C(O)O)c(-c2cc(F)cc(N3CCN(c4ccc(NS(=O)(=O)c5ccc(N[C@H](CCN6CCC(OC(C)C)CC6)CSc6ccccc6)c(S(=O)(=O)C(F)(F)F)c5)cc4)CC3)c2)c1-c1ccc(Cl)cc1. The molecular weight excluding hydrogens is 1060 g/mol. The summed E-state index contributed by atoms with van der Waals surface area (Å²) in [5.74, 6) is -0.126. The van der Waals surface area contributed by atoms with Crippen molar-refractivity contribution in [2.45, 2.75) is 98.2 Å². The second-order valence-electron chi connectivity index (χ2n) is 19.3. The Morgan fingerprint density at radius 2 is 1.45 bits per heavy atom. The average molecular weight is 1130 g/mol. The lowest BCUT2D eigenvalue weighted by Crippen LogP contribution is -2.46. The number of sulfonamides is 1. The van der Waals surface area contributed by atoms with Crippen LogP contribution in [0, 0.1) is 12.7 Å². The molecule has 2 fully saturated rings. The number of rotatable bonds is 20. The molecule has 21 heteroatoms. The van der Waals surface area contributed by atoms with Gasteiger partial charge in [0.2, 0.25) is 0 Å². The molecule has 1 aromatic heterocycles. The first-order valence-electron chi connectivity index (χ1n) is 25.2. The molecule has 408 valence electrons. The fraction of sp³-hybridized carbons (Fsp3) is 0.382. The Balaban J connectivity index is 0.965. The monoisotopic (exact) mass is 1130 g/mol. The van der Waals surface area contributed by atoms with Gasteiger partial charge in [0, 0.05) is 108 Å². The van der Waals surface area contributed by atoms with Crippen molar-refractivity contribution in [2.75, 3.05) is 71.4 Å². The van der Waals surface area contributed by atoms with E-state index in [4.69, 9.17) is 16.3 Å². The van der Waals surface area contributed by atoms with Crippen LogP contribution in [0.25, 0.3) is 22.4 Å². The van der Waals surface area contributed by atoms with Gasteiger partial charge >= 0.3 is 5.51 Å².